The molecule has 0 amide bonds. The zero-order valence-electron chi connectivity index (χ0n) is 6.83. The van der Waals surface area contributed by atoms with Crippen LogP contribution in [-0.2, 0) is 9.53 Å². The minimum absolute atomic E-state index is 0.0388. The molecule has 1 fully saturated rings. The highest BCUT2D eigenvalue weighted by molar-refractivity contribution is 5.38. The Labute approximate surface area is 74.4 Å². The molecule has 2 atom stereocenters. The number of aliphatic hydroxyl groups is 4. The molecule has 0 bridgehead atoms. The Kier molecular flexibility index (Phi) is 2.87. The van der Waals surface area contributed by atoms with Gasteiger partial charge in [-0.1, -0.05) is 0 Å². The lowest BCUT2D eigenvalue weighted by atomic mass is 9.87. The summed E-state index contributed by atoms with van der Waals surface area (Å²) in [5, 5.41) is 36.8. The lowest BCUT2D eigenvalue weighted by molar-refractivity contribution is -0.252. The molecule has 0 aromatic heterocycles. The molecule has 13 heavy (non-hydrogen) atoms. The highest BCUT2D eigenvalue weighted by atomic mass is 16.6. The van der Waals surface area contributed by atoms with Crippen LogP contribution in [-0.4, -0.2) is 51.0 Å². The maximum Gasteiger partial charge on any atom is 0.295 e. The molecule has 76 valence electrons. The van der Waals surface area contributed by atoms with E-state index < -0.39 is 24.1 Å². The molecule has 0 aromatic rings. The van der Waals surface area contributed by atoms with Crippen molar-refractivity contribution < 1.29 is 30.0 Å². The summed E-state index contributed by atoms with van der Waals surface area (Å²) < 4.78 is 4.30. The first-order valence-electron chi connectivity index (χ1n) is 3.86. The van der Waals surface area contributed by atoms with E-state index in [1.165, 1.54) is 0 Å². The van der Waals surface area contributed by atoms with Gasteiger partial charge in [0.1, 0.15) is 6.10 Å². The number of aliphatic hydroxyl groups excluding tert-OH is 3. The third kappa shape index (κ3) is 2.16. The molecule has 1 saturated carbocycles. The maximum atomic E-state index is 9.97. The van der Waals surface area contributed by atoms with Gasteiger partial charge < -0.3 is 25.2 Å². The van der Waals surface area contributed by atoms with Crippen LogP contribution in [0.5, 0.6) is 0 Å². The van der Waals surface area contributed by atoms with Crippen LogP contribution in [0.25, 0.3) is 0 Å². The number of hydrogen-bond donors (Lipinski definition) is 4. The second kappa shape index (κ2) is 3.59. The summed E-state index contributed by atoms with van der Waals surface area (Å²) in [5.41, 5.74) is 0. The summed E-state index contributed by atoms with van der Waals surface area (Å²) in [6.07, 6.45) is -4.51. The van der Waals surface area contributed by atoms with E-state index in [1.807, 2.05) is 0 Å². The van der Waals surface area contributed by atoms with Gasteiger partial charge in [0.2, 0.25) is 5.79 Å². The largest absolute Gasteiger partial charge is 0.435 e. The summed E-state index contributed by atoms with van der Waals surface area (Å²) in [6.45, 7) is 0.0388. The Hall–Kier alpha value is -0.690. The highest BCUT2D eigenvalue weighted by Crippen LogP contribution is 2.29. The fourth-order valence-corrected chi connectivity index (χ4v) is 1.42. The standard InChI is InChI=1S/C7H12O6/c8-3-13-7(12)1-4(9)6(11)5(10)2-7/h3-6,9-12H,1-2H2/t4-,5-,6-,7-/m1/s1. The van der Waals surface area contributed by atoms with Crippen molar-refractivity contribution >= 4 is 6.47 Å². The van der Waals surface area contributed by atoms with Crippen LogP contribution in [0, 0.1) is 0 Å². The Morgan fingerprint density at radius 3 is 2.08 bits per heavy atom. The summed E-state index contributed by atoms with van der Waals surface area (Å²) in [4.78, 5) is 9.97. The second-order valence-corrected chi connectivity index (χ2v) is 3.19. The fourth-order valence-electron chi connectivity index (χ4n) is 1.42. The molecule has 0 aliphatic heterocycles. The van der Waals surface area contributed by atoms with Crippen LogP contribution in [0.4, 0.5) is 0 Å². The second-order valence-electron chi connectivity index (χ2n) is 3.19. The third-order valence-electron chi connectivity index (χ3n) is 2.11. The summed E-state index contributed by atoms with van der Waals surface area (Å²) in [6, 6.07) is 0. The number of carbonyl (C=O) groups excluding carboxylic acids is 1. The van der Waals surface area contributed by atoms with Crippen molar-refractivity contribution in [1.82, 2.24) is 0 Å². The Balaban J connectivity index is 2.66. The van der Waals surface area contributed by atoms with Crippen molar-refractivity contribution in [3.8, 4) is 0 Å². The number of ether oxygens (including phenoxy) is 1. The molecule has 1 rings (SSSR count). The average Bonchev–Trinajstić information content (AvgIpc) is 2.00. The lowest BCUT2D eigenvalue weighted by Crippen LogP contribution is -2.53. The van der Waals surface area contributed by atoms with Crippen LogP contribution in [0.15, 0.2) is 0 Å². The minimum atomic E-state index is -1.88. The van der Waals surface area contributed by atoms with Gasteiger partial charge in [0.05, 0.1) is 12.2 Å². The van der Waals surface area contributed by atoms with Gasteiger partial charge in [-0.3, -0.25) is 4.79 Å². The van der Waals surface area contributed by atoms with E-state index in [1.54, 1.807) is 0 Å². The van der Waals surface area contributed by atoms with Crippen molar-refractivity contribution in [2.75, 3.05) is 0 Å². The highest BCUT2D eigenvalue weighted by Gasteiger charge is 2.45. The molecule has 1 aliphatic carbocycles. The smallest absolute Gasteiger partial charge is 0.295 e. The molecule has 0 heterocycles. The number of carbonyl (C=O) groups is 1. The molecule has 4 N–H and O–H groups in total. The maximum absolute atomic E-state index is 9.97. The molecular weight excluding hydrogens is 180 g/mol. The third-order valence-corrected chi connectivity index (χ3v) is 2.11. The SMILES string of the molecule is O=CO[C@]1(O)C[C@@H](O)[C@@H](O)[C@H](O)C1. The van der Waals surface area contributed by atoms with Gasteiger partial charge in [-0.15, -0.1) is 0 Å². The van der Waals surface area contributed by atoms with E-state index >= 15 is 0 Å². The topological polar surface area (TPSA) is 107 Å². The summed E-state index contributed by atoms with van der Waals surface area (Å²) in [5.74, 6) is -1.88. The number of hydrogen-bond acceptors (Lipinski definition) is 6. The van der Waals surface area contributed by atoms with Gasteiger partial charge in [0, 0.05) is 12.8 Å². The molecule has 0 unspecified atom stereocenters. The van der Waals surface area contributed by atoms with Crippen LogP contribution in [0.2, 0.25) is 0 Å². The molecule has 0 saturated heterocycles. The molecule has 1 aliphatic rings. The van der Waals surface area contributed by atoms with Crippen molar-refractivity contribution in [2.24, 2.45) is 0 Å². The lowest BCUT2D eigenvalue weighted by Gasteiger charge is -2.38. The van der Waals surface area contributed by atoms with Crippen molar-refractivity contribution in [3.63, 3.8) is 0 Å². The predicted molar refractivity (Wildman–Crippen MR) is 39.4 cm³/mol. The predicted octanol–water partition coefficient (Wildman–Crippen LogP) is -2.28. The van der Waals surface area contributed by atoms with Crippen LogP contribution < -0.4 is 0 Å². The van der Waals surface area contributed by atoms with Crippen molar-refractivity contribution in [2.45, 2.75) is 36.9 Å². The van der Waals surface area contributed by atoms with Crippen LogP contribution in [0.3, 0.4) is 0 Å². The van der Waals surface area contributed by atoms with E-state index in [0.29, 0.717) is 0 Å². The Bertz CT molecular complexity index is 181. The van der Waals surface area contributed by atoms with Crippen LogP contribution in [0.1, 0.15) is 12.8 Å². The van der Waals surface area contributed by atoms with Gasteiger partial charge in [0.15, 0.2) is 0 Å². The van der Waals surface area contributed by atoms with Crippen LogP contribution >= 0.6 is 0 Å². The Morgan fingerprint density at radius 1 is 1.23 bits per heavy atom. The molecule has 0 aromatic carbocycles. The van der Waals surface area contributed by atoms with E-state index in [-0.39, 0.29) is 19.3 Å². The quantitative estimate of drug-likeness (QED) is 0.290. The summed E-state index contributed by atoms with van der Waals surface area (Å²) in [7, 11) is 0. The fraction of sp³-hybridized carbons (Fsp3) is 0.857. The van der Waals surface area contributed by atoms with E-state index in [4.69, 9.17) is 15.3 Å². The number of rotatable bonds is 2. The van der Waals surface area contributed by atoms with Gasteiger partial charge in [-0.05, 0) is 0 Å². The van der Waals surface area contributed by atoms with Gasteiger partial charge >= 0.3 is 0 Å². The Morgan fingerprint density at radius 2 is 1.69 bits per heavy atom. The van der Waals surface area contributed by atoms with Crippen molar-refractivity contribution in [3.05, 3.63) is 0 Å². The minimum Gasteiger partial charge on any atom is -0.435 e. The molecule has 0 spiro atoms. The van der Waals surface area contributed by atoms with Gasteiger partial charge in [0.25, 0.3) is 6.47 Å². The first-order valence-corrected chi connectivity index (χ1v) is 3.86. The summed E-state index contributed by atoms with van der Waals surface area (Å²) >= 11 is 0. The van der Waals surface area contributed by atoms with E-state index in [9.17, 15) is 9.90 Å². The van der Waals surface area contributed by atoms with E-state index in [2.05, 4.69) is 4.74 Å². The molecule has 0 radical (unpaired) electrons. The normalized spacial score (nSPS) is 45.7. The van der Waals surface area contributed by atoms with Gasteiger partial charge in [-0.25, -0.2) is 0 Å². The van der Waals surface area contributed by atoms with Gasteiger partial charge in [-0.2, -0.15) is 0 Å². The molecule has 6 heteroatoms. The molecular formula is C7H12O6. The first-order chi connectivity index (χ1) is 5.98. The zero-order valence-corrected chi connectivity index (χ0v) is 6.83. The monoisotopic (exact) mass is 192 g/mol. The molecule has 6 nitrogen and oxygen atoms in total. The van der Waals surface area contributed by atoms with Crippen molar-refractivity contribution in [1.29, 1.82) is 0 Å². The first kappa shape index (κ1) is 10.4. The van der Waals surface area contributed by atoms with E-state index in [0.717, 1.165) is 0 Å². The zero-order chi connectivity index (χ0) is 10.1. The average molecular weight is 192 g/mol.